The second-order valence-corrected chi connectivity index (χ2v) is 8.44. The highest BCUT2D eigenvalue weighted by Crippen LogP contribution is 2.28. The van der Waals surface area contributed by atoms with Crippen LogP contribution in [-0.2, 0) is 16.4 Å². The summed E-state index contributed by atoms with van der Waals surface area (Å²) >= 11 is 0. The van der Waals surface area contributed by atoms with Gasteiger partial charge in [-0.25, -0.2) is 13.2 Å². The Labute approximate surface area is 143 Å². The van der Waals surface area contributed by atoms with E-state index >= 15 is 0 Å². The number of benzene rings is 1. The number of aryl methyl sites for hydroxylation is 1. The molecule has 0 aliphatic carbocycles. The molecule has 3 rings (SSSR count). The fourth-order valence-electron chi connectivity index (χ4n) is 3.69. The van der Waals surface area contributed by atoms with Crippen molar-refractivity contribution in [2.45, 2.75) is 43.5 Å². The highest BCUT2D eigenvalue weighted by atomic mass is 32.2. The lowest BCUT2D eigenvalue weighted by atomic mass is 10.1. The third kappa shape index (κ3) is 3.20. The average molecular weight is 352 g/mol. The molecule has 1 atom stereocenters. The molecule has 2 saturated heterocycles. The average Bonchev–Trinajstić information content (AvgIpc) is 3.25. The van der Waals surface area contributed by atoms with Crippen molar-refractivity contribution in [3.8, 4) is 0 Å². The standard InChI is InChI=1S/C17H24N2O4S/c1-2-13-5-6-14(17(20)21)11-16(13)24(22,23)19-10-7-15(12-19)18-8-3-4-9-18/h5-6,11,15H,2-4,7-10,12H2,1H3,(H,20,21). The topological polar surface area (TPSA) is 77.9 Å². The number of sulfonamides is 1. The van der Waals surface area contributed by atoms with Gasteiger partial charge in [-0.15, -0.1) is 0 Å². The molecule has 1 aromatic carbocycles. The van der Waals surface area contributed by atoms with Crippen LogP contribution in [0, 0.1) is 0 Å². The van der Waals surface area contributed by atoms with Crippen LogP contribution >= 0.6 is 0 Å². The Kier molecular flexibility index (Phi) is 4.94. The van der Waals surface area contributed by atoms with Crippen molar-refractivity contribution >= 4 is 16.0 Å². The lowest BCUT2D eigenvalue weighted by Crippen LogP contribution is -2.37. The fraction of sp³-hybridized carbons (Fsp3) is 0.588. The van der Waals surface area contributed by atoms with Crippen LogP contribution in [0.1, 0.15) is 42.1 Å². The van der Waals surface area contributed by atoms with E-state index in [1.54, 1.807) is 6.07 Å². The summed E-state index contributed by atoms with van der Waals surface area (Å²) in [5, 5.41) is 9.17. The Balaban J connectivity index is 1.87. The van der Waals surface area contributed by atoms with E-state index in [1.165, 1.54) is 29.3 Å². The highest BCUT2D eigenvalue weighted by molar-refractivity contribution is 7.89. The predicted molar refractivity (Wildman–Crippen MR) is 90.8 cm³/mol. The van der Waals surface area contributed by atoms with Gasteiger partial charge in [0.15, 0.2) is 0 Å². The second-order valence-electron chi connectivity index (χ2n) is 6.53. The van der Waals surface area contributed by atoms with Gasteiger partial charge in [-0.1, -0.05) is 13.0 Å². The van der Waals surface area contributed by atoms with Gasteiger partial charge >= 0.3 is 5.97 Å². The lowest BCUT2D eigenvalue weighted by Gasteiger charge is -2.24. The summed E-state index contributed by atoms with van der Waals surface area (Å²) in [6.07, 6.45) is 3.77. The Morgan fingerprint density at radius 2 is 1.96 bits per heavy atom. The maximum atomic E-state index is 13.1. The zero-order chi connectivity index (χ0) is 17.3. The third-order valence-electron chi connectivity index (χ3n) is 5.10. The number of rotatable bonds is 5. The summed E-state index contributed by atoms with van der Waals surface area (Å²) in [7, 11) is -3.66. The molecule has 6 nitrogen and oxygen atoms in total. The zero-order valence-electron chi connectivity index (χ0n) is 13.9. The molecule has 0 amide bonds. The molecule has 132 valence electrons. The Bertz CT molecular complexity index is 726. The first-order valence-corrected chi connectivity index (χ1v) is 9.98. The van der Waals surface area contributed by atoms with Crippen LogP contribution in [0.2, 0.25) is 0 Å². The largest absolute Gasteiger partial charge is 0.478 e. The van der Waals surface area contributed by atoms with Gasteiger partial charge in [0.2, 0.25) is 10.0 Å². The first-order chi connectivity index (χ1) is 11.4. The van der Waals surface area contributed by atoms with Crippen molar-refractivity contribution in [1.82, 2.24) is 9.21 Å². The van der Waals surface area contributed by atoms with Gasteiger partial charge < -0.3 is 5.11 Å². The predicted octanol–water partition coefficient (Wildman–Crippen LogP) is 1.81. The molecule has 2 heterocycles. The van der Waals surface area contributed by atoms with Crippen molar-refractivity contribution in [1.29, 1.82) is 0 Å². The lowest BCUT2D eigenvalue weighted by molar-refractivity contribution is 0.0696. The van der Waals surface area contributed by atoms with E-state index in [2.05, 4.69) is 4.90 Å². The molecule has 2 fully saturated rings. The van der Waals surface area contributed by atoms with Crippen LogP contribution in [0.3, 0.4) is 0 Å². The van der Waals surface area contributed by atoms with Gasteiger partial charge in [-0.05, 0) is 56.5 Å². The van der Waals surface area contributed by atoms with E-state index in [-0.39, 0.29) is 16.5 Å². The molecule has 7 heteroatoms. The summed E-state index contributed by atoms with van der Waals surface area (Å²) in [6.45, 7) is 4.99. The van der Waals surface area contributed by atoms with Gasteiger partial charge in [-0.2, -0.15) is 4.31 Å². The van der Waals surface area contributed by atoms with Crippen molar-refractivity contribution in [2.75, 3.05) is 26.2 Å². The van der Waals surface area contributed by atoms with E-state index in [4.69, 9.17) is 0 Å². The van der Waals surface area contributed by atoms with Crippen molar-refractivity contribution in [3.63, 3.8) is 0 Å². The quantitative estimate of drug-likeness (QED) is 0.874. The smallest absolute Gasteiger partial charge is 0.335 e. The van der Waals surface area contributed by atoms with Gasteiger partial charge in [0.05, 0.1) is 10.5 Å². The summed E-state index contributed by atoms with van der Waals surface area (Å²) in [6, 6.07) is 4.68. The van der Waals surface area contributed by atoms with Crippen LogP contribution < -0.4 is 0 Å². The molecule has 1 N–H and O–H groups in total. The fourth-order valence-corrected chi connectivity index (χ4v) is 5.50. The molecule has 1 unspecified atom stereocenters. The SMILES string of the molecule is CCc1ccc(C(=O)O)cc1S(=O)(=O)N1CCC(N2CCCC2)C1. The van der Waals surface area contributed by atoms with Gasteiger partial charge in [0.25, 0.3) is 0 Å². The monoisotopic (exact) mass is 352 g/mol. The Hall–Kier alpha value is -1.44. The van der Waals surface area contributed by atoms with E-state index < -0.39 is 16.0 Å². The molecule has 0 radical (unpaired) electrons. The number of carboxylic acids is 1. The number of hydrogen-bond acceptors (Lipinski definition) is 4. The minimum atomic E-state index is -3.66. The van der Waals surface area contributed by atoms with Crippen LogP contribution in [0.15, 0.2) is 23.1 Å². The molecule has 1 aromatic rings. The number of nitrogens with zero attached hydrogens (tertiary/aromatic N) is 2. The summed E-state index contributed by atoms with van der Waals surface area (Å²) in [4.78, 5) is 13.7. The molecule has 0 spiro atoms. The molecule has 2 aliphatic heterocycles. The van der Waals surface area contributed by atoms with Crippen LogP contribution in [0.25, 0.3) is 0 Å². The van der Waals surface area contributed by atoms with Crippen molar-refractivity contribution in [2.24, 2.45) is 0 Å². The minimum absolute atomic E-state index is 0.0149. The first kappa shape index (κ1) is 17.4. The molecule has 0 bridgehead atoms. The summed E-state index contributed by atoms with van der Waals surface area (Å²) in [5.41, 5.74) is 0.686. The maximum Gasteiger partial charge on any atom is 0.335 e. The third-order valence-corrected chi connectivity index (χ3v) is 7.04. The summed E-state index contributed by atoms with van der Waals surface area (Å²) < 4.78 is 27.7. The number of carbonyl (C=O) groups is 1. The molecular formula is C17H24N2O4S. The van der Waals surface area contributed by atoms with E-state index in [9.17, 15) is 18.3 Å². The minimum Gasteiger partial charge on any atom is -0.478 e. The van der Waals surface area contributed by atoms with Gasteiger partial charge in [0.1, 0.15) is 0 Å². The number of aromatic carboxylic acids is 1. The normalized spacial score (nSPS) is 23.0. The van der Waals surface area contributed by atoms with Crippen molar-refractivity contribution < 1.29 is 18.3 Å². The van der Waals surface area contributed by atoms with Gasteiger partial charge in [0, 0.05) is 19.1 Å². The van der Waals surface area contributed by atoms with E-state index in [0.717, 1.165) is 19.5 Å². The van der Waals surface area contributed by atoms with E-state index in [1.807, 2.05) is 6.92 Å². The number of carboxylic acid groups (broad SMARTS) is 1. The first-order valence-electron chi connectivity index (χ1n) is 8.54. The number of likely N-dealkylation sites (tertiary alicyclic amines) is 1. The van der Waals surface area contributed by atoms with E-state index in [0.29, 0.717) is 25.1 Å². The molecular weight excluding hydrogens is 328 g/mol. The molecule has 2 aliphatic rings. The maximum absolute atomic E-state index is 13.1. The van der Waals surface area contributed by atoms with Crippen LogP contribution in [0.5, 0.6) is 0 Å². The molecule has 0 saturated carbocycles. The molecule has 0 aromatic heterocycles. The molecule has 24 heavy (non-hydrogen) atoms. The zero-order valence-corrected chi connectivity index (χ0v) is 14.8. The summed E-state index contributed by atoms with van der Waals surface area (Å²) in [5.74, 6) is -1.11. The Morgan fingerprint density at radius 3 is 2.58 bits per heavy atom. The van der Waals surface area contributed by atoms with Crippen LogP contribution in [-0.4, -0.2) is 60.9 Å². The number of hydrogen-bond donors (Lipinski definition) is 1. The van der Waals surface area contributed by atoms with Crippen LogP contribution in [0.4, 0.5) is 0 Å². The second kappa shape index (κ2) is 6.82. The Morgan fingerprint density at radius 1 is 1.25 bits per heavy atom. The van der Waals surface area contributed by atoms with Gasteiger partial charge in [-0.3, -0.25) is 4.90 Å². The highest BCUT2D eigenvalue weighted by Gasteiger charge is 2.36. The van der Waals surface area contributed by atoms with Crippen molar-refractivity contribution in [3.05, 3.63) is 29.3 Å².